The number of rotatable bonds is 5. The second-order valence-electron chi connectivity index (χ2n) is 7.03. The van der Waals surface area contributed by atoms with E-state index in [-0.39, 0.29) is 42.5 Å². The molecule has 3 rings (SSSR count). The Morgan fingerprint density at radius 2 is 1.89 bits per heavy atom. The molecule has 2 saturated heterocycles. The minimum atomic E-state index is -0.436. The summed E-state index contributed by atoms with van der Waals surface area (Å²) in [5.41, 5.74) is 7.04. The molecule has 2 N–H and O–H groups in total. The van der Waals surface area contributed by atoms with E-state index >= 15 is 0 Å². The first kappa shape index (κ1) is 24.9. The Kier molecular flexibility index (Phi) is 10.5. The van der Waals surface area contributed by atoms with Crippen molar-refractivity contribution >= 4 is 30.7 Å². The Morgan fingerprint density at radius 1 is 1.25 bits per heavy atom. The van der Waals surface area contributed by atoms with Crippen LogP contribution in [0.25, 0.3) is 0 Å². The van der Waals surface area contributed by atoms with Gasteiger partial charge in [0.15, 0.2) is 0 Å². The molecular formula is C19H30Cl2FN3O3. The third kappa shape index (κ3) is 6.19. The maximum absolute atomic E-state index is 13.5. The van der Waals surface area contributed by atoms with Gasteiger partial charge in [0.25, 0.3) is 0 Å². The fraction of sp³-hybridized carbons (Fsp3) is 0.632. The minimum absolute atomic E-state index is 0. The molecule has 2 heterocycles. The highest BCUT2D eigenvalue weighted by molar-refractivity contribution is 5.85. The zero-order valence-electron chi connectivity index (χ0n) is 16.1. The van der Waals surface area contributed by atoms with E-state index in [0.29, 0.717) is 38.6 Å². The summed E-state index contributed by atoms with van der Waals surface area (Å²) in [6, 6.07) is 4.12. The lowest BCUT2D eigenvalue weighted by Crippen LogP contribution is -2.55. The molecule has 2 aliphatic rings. The van der Waals surface area contributed by atoms with E-state index < -0.39 is 6.04 Å². The van der Waals surface area contributed by atoms with Crippen LogP contribution in [-0.4, -0.2) is 68.3 Å². The van der Waals surface area contributed by atoms with Crippen LogP contribution in [0.3, 0.4) is 0 Å². The fourth-order valence-electron chi connectivity index (χ4n) is 3.73. The number of carbonyl (C=O) groups excluding carboxylic acids is 1. The van der Waals surface area contributed by atoms with E-state index in [4.69, 9.17) is 15.2 Å². The predicted molar refractivity (Wildman–Crippen MR) is 111 cm³/mol. The highest BCUT2D eigenvalue weighted by Crippen LogP contribution is 2.23. The highest BCUT2D eigenvalue weighted by Gasteiger charge is 2.31. The van der Waals surface area contributed by atoms with Gasteiger partial charge in [-0.1, -0.05) is 0 Å². The summed E-state index contributed by atoms with van der Waals surface area (Å²) in [7, 11) is 1.59. The Balaban J connectivity index is 0.00000196. The lowest BCUT2D eigenvalue weighted by Gasteiger charge is -2.37. The van der Waals surface area contributed by atoms with Gasteiger partial charge in [0.2, 0.25) is 5.91 Å². The van der Waals surface area contributed by atoms with Crippen LogP contribution in [0, 0.1) is 11.7 Å². The van der Waals surface area contributed by atoms with Gasteiger partial charge in [-0.15, -0.1) is 24.8 Å². The molecule has 1 aromatic rings. The van der Waals surface area contributed by atoms with Gasteiger partial charge >= 0.3 is 0 Å². The summed E-state index contributed by atoms with van der Waals surface area (Å²) in [5.74, 6) is 0.675. The van der Waals surface area contributed by atoms with Crippen molar-refractivity contribution in [3.8, 4) is 5.75 Å². The predicted octanol–water partition coefficient (Wildman–Crippen LogP) is 2.08. The van der Waals surface area contributed by atoms with E-state index in [1.165, 1.54) is 12.1 Å². The number of nitrogens with two attached hydrogens (primary N) is 1. The monoisotopic (exact) mass is 437 g/mol. The molecule has 0 saturated carbocycles. The summed E-state index contributed by atoms with van der Waals surface area (Å²) in [4.78, 5) is 16.7. The van der Waals surface area contributed by atoms with Gasteiger partial charge in [0.1, 0.15) is 11.6 Å². The van der Waals surface area contributed by atoms with Gasteiger partial charge in [-0.3, -0.25) is 9.69 Å². The summed E-state index contributed by atoms with van der Waals surface area (Å²) >= 11 is 0. The maximum Gasteiger partial charge on any atom is 0.239 e. The molecule has 2 aliphatic heterocycles. The number of ether oxygens (including phenoxy) is 2. The molecule has 1 aromatic carbocycles. The van der Waals surface area contributed by atoms with Crippen LogP contribution >= 0.6 is 24.8 Å². The number of carbonyl (C=O) groups is 1. The molecule has 160 valence electrons. The number of piperazine rings is 1. The average molecular weight is 438 g/mol. The summed E-state index contributed by atoms with van der Waals surface area (Å²) in [5, 5.41) is 0. The zero-order chi connectivity index (χ0) is 18.5. The number of nitrogens with zero attached hydrogens (tertiary/aromatic N) is 2. The van der Waals surface area contributed by atoms with Crippen LogP contribution in [0.15, 0.2) is 18.2 Å². The fourth-order valence-corrected chi connectivity index (χ4v) is 3.73. The molecule has 0 spiro atoms. The first-order valence-electron chi connectivity index (χ1n) is 9.25. The topological polar surface area (TPSA) is 68.0 Å². The molecule has 9 heteroatoms. The van der Waals surface area contributed by atoms with Gasteiger partial charge < -0.3 is 20.1 Å². The van der Waals surface area contributed by atoms with Gasteiger partial charge in [-0.25, -0.2) is 4.39 Å². The number of methoxy groups -OCH3 is 1. The van der Waals surface area contributed by atoms with Gasteiger partial charge in [-0.05, 0) is 37.0 Å². The number of halogens is 3. The standard InChI is InChI=1S/C19H28FN3O3.2ClH/c1-25-17-3-2-16(20)12-15(17)13-22-6-8-23(9-7-22)19(24)18(21)14-4-10-26-11-5-14;;/h2-3,12,14,18H,4-11,13,21H2,1H3;2*1H. The molecule has 0 aliphatic carbocycles. The molecule has 1 atom stereocenters. The highest BCUT2D eigenvalue weighted by atomic mass is 35.5. The van der Waals surface area contributed by atoms with Gasteiger partial charge in [0.05, 0.1) is 13.2 Å². The number of amides is 1. The largest absolute Gasteiger partial charge is 0.496 e. The molecule has 0 aromatic heterocycles. The summed E-state index contributed by atoms with van der Waals surface area (Å²) in [6.07, 6.45) is 1.71. The Morgan fingerprint density at radius 3 is 2.50 bits per heavy atom. The van der Waals surface area contributed by atoms with E-state index in [1.807, 2.05) is 4.90 Å². The number of hydrogen-bond donors (Lipinski definition) is 1. The zero-order valence-corrected chi connectivity index (χ0v) is 17.8. The first-order valence-corrected chi connectivity index (χ1v) is 9.25. The van der Waals surface area contributed by atoms with E-state index in [2.05, 4.69) is 4.90 Å². The third-order valence-corrected chi connectivity index (χ3v) is 5.38. The second-order valence-corrected chi connectivity index (χ2v) is 7.03. The summed E-state index contributed by atoms with van der Waals surface area (Å²) < 4.78 is 24.2. The normalized spacial score (nSPS) is 19.3. The van der Waals surface area contributed by atoms with E-state index in [0.717, 1.165) is 31.5 Å². The molecular weight excluding hydrogens is 408 g/mol. The lowest BCUT2D eigenvalue weighted by atomic mass is 9.91. The van der Waals surface area contributed by atoms with Crippen LogP contribution in [0.2, 0.25) is 0 Å². The Bertz CT molecular complexity index is 624. The number of hydrogen-bond acceptors (Lipinski definition) is 5. The van der Waals surface area contributed by atoms with Crippen molar-refractivity contribution in [2.45, 2.75) is 25.4 Å². The SMILES string of the molecule is COc1ccc(F)cc1CN1CCN(C(=O)C(N)C2CCOCC2)CC1.Cl.Cl. The van der Waals surface area contributed by atoms with Gasteiger partial charge in [0, 0.05) is 51.5 Å². The smallest absolute Gasteiger partial charge is 0.239 e. The molecule has 0 radical (unpaired) electrons. The number of benzene rings is 1. The maximum atomic E-state index is 13.5. The van der Waals surface area contributed by atoms with Crippen LogP contribution < -0.4 is 10.5 Å². The van der Waals surface area contributed by atoms with Crippen molar-refractivity contribution in [3.63, 3.8) is 0 Å². The molecule has 1 amide bonds. The minimum Gasteiger partial charge on any atom is -0.496 e. The Labute approximate surface area is 178 Å². The van der Waals surface area contributed by atoms with Crippen molar-refractivity contribution < 1.29 is 18.7 Å². The van der Waals surface area contributed by atoms with Gasteiger partial charge in [-0.2, -0.15) is 0 Å². The van der Waals surface area contributed by atoms with E-state index in [9.17, 15) is 9.18 Å². The van der Waals surface area contributed by atoms with E-state index in [1.54, 1.807) is 13.2 Å². The average Bonchev–Trinajstić information content (AvgIpc) is 2.68. The van der Waals surface area contributed by atoms with Crippen LogP contribution in [0.5, 0.6) is 5.75 Å². The Hall–Kier alpha value is -1.12. The quantitative estimate of drug-likeness (QED) is 0.763. The lowest BCUT2D eigenvalue weighted by molar-refractivity contribution is -0.136. The van der Waals surface area contributed by atoms with Crippen LogP contribution in [-0.2, 0) is 16.1 Å². The second kappa shape index (κ2) is 11.8. The molecule has 1 unspecified atom stereocenters. The molecule has 2 fully saturated rings. The molecule has 0 bridgehead atoms. The molecule has 6 nitrogen and oxygen atoms in total. The van der Waals surface area contributed by atoms with Crippen LogP contribution in [0.1, 0.15) is 18.4 Å². The summed E-state index contributed by atoms with van der Waals surface area (Å²) in [6.45, 7) is 4.76. The first-order chi connectivity index (χ1) is 12.6. The van der Waals surface area contributed by atoms with Crippen molar-refractivity contribution in [2.24, 2.45) is 11.7 Å². The van der Waals surface area contributed by atoms with Crippen molar-refractivity contribution in [2.75, 3.05) is 46.5 Å². The van der Waals surface area contributed by atoms with Crippen molar-refractivity contribution in [1.29, 1.82) is 0 Å². The third-order valence-electron chi connectivity index (χ3n) is 5.38. The van der Waals surface area contributed by atoms with Crippen molar-refractivity contribution in [1.82, 2.24) is 9.80 Å². The van der Waals surface area contributed by atoms with Crippen LogP contribution in [0.4, 0.5) is 4.39 Å². The van der Waals surface area contributed by atoms with Crippen molar-refractivity contribution in [3.05, 3.63) is 29.6 Å². The molecule has 28 heavy (non-hydrogen) atoms.